The molecular formula is C19H25N3O2. The van der Waals surface area contributed by atoms with Crippen LogP contribution in [0.25, 0.3) is 0 Å². The van der Waals surface area contributed by atoms with Gasteiger partial charge in [0.1, 0.15) is 0 Å². The highest BCUT2D eigenvalue weighted by atomic mass is 16.4. The van der Waals surface area contributed by atoms with Crippen LogP contribution in [0.2, 0.25) is 0 Å². The topological polar surface area (TPSA) is 58.4 Å². The van der Waals surface area contributed by atoms with Gasteiger partial charge in [-0.25, -0.2) is 0 Å². The van der Waals surface area contributed by atoms with E-state index >= 15 is 0 Å². The molecule has 0 amide bonds. The van der Waals surface area contributed by atoms with Crippen molar-refractivity contribution in [2.75, 3.05) is 6.54 Å². The van der Waals surface area contributed by atoms with E-state index in [2.05, 4.69) is 34.3 Å². The number of aliphatic carboxylic acids is 1. The summed E-state index contributed by atoms with van der Waals surface area (Å²) in [6, 6.07) is 11.0. The SMILES string of the molecule is O=C(O)CC[C@H]1CCCCN1Cc1ccc(Cn2cccn2)cc1. The molecule has 1 N–H and O–H groups in total. The zero-order valence-electron chi connectivity index (χ0n) is 14.0. The van der Waals surface area contributed by atoms with E-state index in [1.807, 2.05) is 16.9 Å². The quantitative estimate of drug-likeness (QED) is 0.849. The van der Waals surface area contributed by atoms with E-state index < -0.39 is 5.97 Å². The van der Waals surface area contributed by atoms with Gasteiger partial charge < -0.3 is 5.11 Å². The van der Waals surface area contributed by atoms with Crippen molar-refractivity contribution in [3.63, 3.8) is 0 Å². The number of carboxylic acid groups (broad SMARTS) is 1. The molecule has 0 aliphatic carbocycles. The third-order valence-electron chi connectivity index (χ3n) is 4.75. The predicted molar refractivity (Wildman–Crippen MR) is 92.7 cm³/mol. The molecule has 0 saturated carbocycles. The molecule has 5 heteroatoms. The first-order valence-electron chi connectivity index (χ1n) is 8.72. The Bertz CT molecular complexity index is 637. The van der Waals surface area contributed by atoms with Gasteiger partial charge in [-0.05, 0) is 43.0 Å². The van der Waals surface area contributed by atoms with E-state index in [-0.39, 0.29) is 6.42 Å². The van der Waals surface area contributed by atoms with E-state index in [9.17, 15) is 4.79 Å². The number of carboxylic acids is 1. The fourth-order valence-corrected chi connectivity index (χ4v) is 3.45. The third-order valence-corrected chi connectivity index (χ3v) is 4.75. The average Bonchev–Trinajstić information content (AvgIpc) is 3.09. The molecule has 0 spiro atoms. The van der Waals surface area contributed by atoms with Gasteiger partial charge >= 0.3 is 5.97 Å². The first kappa shape index (κ1) is 16.7. The lowest BCUT2D eigenvalue weighted by molar-refractivity contribution is -0.137. The molecule has 1 atom stereocenters. The summed E-state index contributed by atoms with van der Waals surface area (Å²) < 4.78 is 1.92. The smallest absolute Gasteiger partial charge is 0.303 e. The Morgan fingerprint density at radius 3 is 2.58 bits per heavy atom. The highest BCUT2D eigenvalue weighted by Crippen LogP contribution is 2.23. The first-order chi connectivity index (χ1) is 11.7. The van der Waals surface area contributed by atoms with E-state index in [1.54, 1.807) is 6.20 Å². The second kappa shape index (κ2) is 8.11. The largest absolute Gasteiger partial charge is 0.481 e. The van der Waals surface area contributed by atoms with E-state index in [1.165, 1.54) is 24.0 Å². The summed E-state index contributed by atoms with van der Waals surface area (Å²) in [6.45, 7) is 2.77. The van der Waals surface area contributed by atoms with Gasteiger partial charge in [0.05, 0.1) is 6.54 Å². The molecule has 2 heterocycles. The number of benzene rings is 1. The van der Waals surface area contributed by atoms with Gasteiger partial charge in [0, 0.05) is 31.4 Å². The van der Waals surface area contributed by atoms with Gasteiger partial charge in [-0.3, -0.25) is 14.4 Å². The minimum Gasteiger partial charge on any atom is -0.481 e. The molecule has 0 bridgehead atoms. The Morgan fingerprint density at radius 2 is 1.92 bits per heavy atom. The maximum absolute atomic E-state index is 10.8. The number of hydrogen-bond acceptors (Lipinski definition) is 3. The maximum Gasteiger partial charge on any atom is 0.303 e. The standard InChI is InChI=1S/C19H25N3O2/c23-19(24)10-9-18-4-1-2-12-21(18)14-16-5-7-17(8-6-16)15-22-13-3-11-20-22/h3,5-8,11,13,18H,1-2,4,9-10,12,14-15H2,(H,23,24)/t18-/m1/s1. The molecule has 3 rings (SSSR count). The van der Waals surface area contributed by atoms with Crippen molar-refractivity contribution in [2.24, 2.45) is 0 Å². The molecule has 1 aliphatic heterocycles. The van der Waals surface area contributed by atoms with Gasteiger partial charge in [-0.15, -0.1) is 0 Å². The highest BCUT2D eigenvalue weighted by Gasteiger charge is 2.22. The van der Waals surface area contributed by atoms with Crippen LogP contribution in [0.3, 0.4) is 0 Å². The van der Waals surface area contributed by atoms with Crippen LogP contribution in [0.5, 0.6) is 0 Å². The van der Waals surface area contributed by atoms with E-state index in [4.69, 9.17) is 5.11 Å². The summed E-state index contributed by atoms with van der Waals surface area (Å²) in [5.74, 6) is -0.691. The summed E-state index contributed by atoms with van der Waals surface area (Å²) in [5.41, 5.74) is 2.53. The third kappa shape index (κ3) is 4.68. The van der Waals surface area contributed by atoms with Crippen molar-refractivity contribution in [3.8, 4) is 0 Å². The predicted octanol–water partition coefficient (Wildman–Crippen LogP) is 3.15. The summed E-state index contributed by atoms with van der Waals surface area (Å²) in [6.07, 6.45) is 8.32. The van der Waals surface area contributed by atoms with Gasteiger partial charge in [-0.2, -0.15) is 5.10 Å². The van der Waals surface area contributed by atoms with Gasteiger partial charge in [0.15, 0.2) is 0 Å². The Labute approximate surface area is 142 Å². The normalized spacial score (nSPS) is 18.6. The van der Waals surface area contributed by atoms with E-state index in [0.29, 0.717) is 6.04 Å². The van der Waals surface area contributed by atoms with Crippen LogP contribution in [0.15, 0.2) is 42.7 Å². The molecular weight excluding hydrogens is 302 g/mol. The zero-order chi connectivity index (χ0) is 16.8. The number of nitrogens with zero attached hydrogens (tertiary/aromatic N) is 3. The average molecular weight is 327 g/mol. The molecule has 5 nitrogen and oxygen atoms in total. The molecule has 128 valence electrons. The van der Waals surface area contributed by atoms with Crippen molar-refractivity contribution < 1.29 is 9.90 Å². The Morgan fingerprint density at radius 1 is 1.17 bits per heavy atom. The van der Waals surface area contributed by atoms with Crippen LogP contribution < -0.4 is 0 Å². The molecule has 1 aromatic heterocycles. The maximum atomic E-state index is 10.8. The van der Waals surface area contributed by atoms with Crippen LogP contribution in [0, 0.1) is 0 Å². The number of aromatic nitrogens is 2. The van der Waals surface area contributed by atoms with Crippen molar-refractivity contribution >= 4 is 5.97 Å². The Kier molecular flexibility index (Phi) is 5.64. The number of rotatable bonds is 7. The van der Waals surface area contributed by atoms with Crippen molar-refractivity contribution in [2.45, 2.75) is 51.2 Å². The molecule has 1 fully saturated rings. The summed E-state index contributed by atoms with van der Waals surface area (Å²) in [4.78, 5) is 13.3. The number of piperidine rings is 1. The molecule has 24 heavy (non-hydrogen) atoms. The molecule has 0 radical (unpaired) electrons. The van der Waals surface area contributed by atoms with Crippen LogP contribution in [0.1, 0.15) is 43.2 Å². The van der Waals surface area contributed by atoms with Crippen molar-refractivity contribution in [3.05, 3.63) is 53.9 Å². The lowest BCUT2D eigenvalue weighted by Crippen LogP contribution is -2.39. The summed E-state index contributed by atoms with van der Waals surface area (Å²) >= 11 is 0. The molecule has 2 aromatic rings. The van der Waals surface area contributed by atoms with Gasteiger partial charge in [0.2, 0.25) is 0 Å². The van der Waals surface area contributed by atoms with E-state index in [0.717, 1.165) is 32.5 Å². The minimum absolute atomic E-state index is 0.268. The fourth-order valence-electron chi connectivity index (χ4n) is 3.45. The number of likely N-dealkylation sites (tertiary alicyclic amines) is 1. The minimum atomic E-state index is -0.691. The number of hydrogen-bond donors (Lipinski definition) is 1. The fraction of sp³-hybridized carbons (Fsp3) is 0.474. The van der Waals surface area contributed by atoms with Gasteiger partial charge in [-0.1, -0.05) is 30.7 Å². The second-order valence-electron chi connectivity index (χ2n) is 6.57. The van der Waals surface area contributed by atoms with Crippen molar-refractivity contribution in [1.29, 1.82) is 0 Å². The first-order valence-corrected chi connectivity index (χ1v) is 8.72. The van der Waals surface area contributed by atoms with Crippen LogP contribution in [-0.4, -0.2) is 38.3 Å². The van der Waals surface area contributed by atoms with Crippen molar-refractivity contribution in [1.82, 2.24) is 14.7 Å². The monoisotopic (exact) mass is 327 g/mol. The molecule has 0 unspecified atom stereocenters. The summed E-state index contributed by atoms with van der Waals surface area (Å²) in [7, 11) is 0. The van der Waals surface area contributed by atoms with Crippen LogP contribution >= 0.6 is 0 Å². The Balaban J connectivity index is 1.58. The zero-order valence-corrected chi connectivity index (χ0v) is 14.0. The number of carbonyl (C=O) groups is 1. The lowest BCUT2D eigenvalue weighted by atomic mass is 9.97. The van der Waals surface area contributed by atoms with Crippen LogP contribution in [0.4, 0.5) is 0 Å². The van der Waals surface area contributed by atoms with Gasteiger partial charge in [0.25, 0.3) is 0 Å². The Hall–Kier alpha value is -2.14. The lowest BCUT2D eigenvalue weighted by Gasteiger charge is -2.35. The molecule has 1 aromatic carbocycles. The summed E-state index contributed by atoms with van der Waals surface area (Å²) in [5, 5.41) is 13.2. The second-order valence-corrected chi connectivity index (χ2v) is 6.57. The molecule has 1 aliphatic rings. The van der Waals surface area contributed by atoms with Crippen LogP contribution in [-0.2, 0) is 17.9 Å². The highest BCUT2D eigenvalue weighted by molar-refractivity contribution is 5.66. The molecule has 1 saturated heterocycles.